The molecule has 0 bridgehead atoms. The summed E-state index contributed by atoms with van der Waals surface area (Å²) in [5.41, 5.74) is 1.18. The lowest BCUT2D eigenvalue weighted by Crippen LogP contribution is -2.66. The summed E-state index contributed by atoms with van der Waals surface area (Å²) in [4.78, 5) is 13.7. The fourth-order valence-electron chi connectivity index (χ4n) is 2.41. The summed E-state index contributed by atoms with van der Waals surface area (Å²) in [5, 5.41) is 14.0. The number of rotatable bonds is 4. The van der Waals surface area contributed by atoms with Crippen LogP contribution in [-0.4, -0.2) is 39.8 Å². The Kier molecular flexibility index (Phi) is 3.67. The summed E-state index contributed by atoms with van der Waals surface area (Å²) in [6.07, 6.45) is 1.09. The number of hydrogen-bond donors (Lipinski definition) is 1. The van der Waals surface area contributed by atoms with Crippen LogP contribution in [0.5, 0.6) is 0 Å². The van der Waals surface area contributed by atoms with Crippen LogP contribution in [0.25, 0.3) is 0 Å². The third-order valence-corrected chi connectivity index (χ3v) is 4.13. The van der Waals surface area contributed by atoms with Crippen LogP contribution in [-0.2, 0) is 11.2 Å². The minimum Gasteiger partial charge on any atom is -0.386 e. The van der Waals surface area contributed by atoms with Crippen molar-refractivity contribution in [1.29, 1.82) is 0 Å². The van der Waals surface area contributed by atoms with E-state index in [4.69, 9.17) is 4.52 Å². The number of amides is 1. The summed E-state index contributed by atoms with van der Waals surface area (Å²) in [6, 6.07) is 0. The summed E-state index contributed by atoms with van der Waals surface area (Å²) >= 11 is 0. The molecule has 0 radical (unpaired) electrons. The third kappa shape index (κ3) is 2.66. The Hall–Kier alpha value is -1.36. The molecule has 1 aromatic rings. The standard InChI is InChI=1S/C14H22N2O3/c1-9(2)14(18)7-16(8-14)13(17)6-5-12-10(3)15-19-11(12)4/h9,18H,5-8H2,1-4H3. The monoisotopic (exact) mass is 266 g/mol. The normalized spacial score (nSPS) is 17.7. The second kappa shape index (κ2) is 4.96. The molecule has 1 fully saturated rings. The first-order valence-corrected chi connectivity index (χ1v) is 6.75. The fraction of sp³-hybridized carbons (Fsp3) is 0.714. The van der Waals surface area contributed by atoms with Gasteiger partial charge >= 0.3 is 0 Å². The number of hydrogen-bond acceptors (Lipinski definition) is 4. The lowest BCUT2D eigenvalue weighted by atomic mass is 9.83. The average molecular weight is 266 g/mol. The predicted octanol–water partition coefficient (Wildman–Crippen LogP) is 1.45. The molecule has 2 rings (SSSR count). The Labute approximate surface area is 113 Å². The highest BCUT2D eigenvalue weighted by Crippen LogP contribution is 2.29. The summed E-state index contributed by atoms with van der Waals surface area (Å²) in [7, 11) is 0. The van der Waals surface area contributed by atoms with Gasteiger partial charge in [-0.2, -0.15) is 0 Å². The van der Waals surface area contributed by atoms with E-state index in [1.165, 1.54) is 0 Å². The molecule has 0 atom stereocenters. The second-order valence-electron chi connectivity index (χ2n) is 5.81. The van der Waals surface area contributed by atoms with Crippen molar-refractivity contribution in [3.05, 3.63) is 17.0 Å². The van der Waals surface area contributed by atoms with Crippen molar-refractivity contribution in [3.8, 4) is 0 Å². The number of likely N-dealkylation sites (tertiary alicyclic amines) is 1. The molecular formula is C14H22N2O3. The molecule has 1 amide bonds. The van der Waals surface area contributed by atoms with Gasteiger partial charge in [0, 0.05) is 12.0 Å². The number of aromatic nitrogens is 1. The number of carbonyl (C=O) groups is 1. The Morgan fingerprint density at radius 1 is 1.47 bits per heavy atom. The molecule has 0 spiro atoms. The van der Waals surface area contributed by atoms with E-state index in [1.54, 1.807) is 4.90 Å². The Balaban J connectivity index is 1.84. The number of aliphatic hydroxyl groups is 1. The van der Waals surface area contributed by atoms with E-state index in [2.05, 4.69) is 5.16 Å². The zero-order valence-corrected chi connectivity index (χ0v) is 12.1. The van der Waals surface area contributed by atoms with Gasteiger partial charge in [0.25, 0.3) is 0 Å². The van der Waals surface area contributed by atoms with Crippen molar-refractivity contribution in [2.75, 3.05) is 13.1 Å². The smallest absolute Gasteiger partial charge is 0.223 e. The van der Waals surface area contributed by atoms with Crippen LogP contribution in [0.4, 0.5) is 0 Å². The van der Waals surface area contributed by atoms with Gasteiger partial charge < -0.3 is 14.5 Å². The van der Waals surface area contributed by atoms with Crippen LogP contribution in [0.15, 0.2) is 4.52 Å². The lowest BCUT2D eigenvalue weighted by molar-refractivity contribution is -0.163. The van der Waals surface area contributed by atoms with Gasteiger partial charge in [-0.1, -0.05) is 19.0 Å². The molecule has 1 N–H and O–H groups in total. The highest BCUT2D eigenvalue weighted by molar-refractivity contribution is 5.77. The molecule has 0 unspecified atom stereocenters. The zero-order chi connectivity index (χ0) is 14.2. The highest BCUT2D eigenvalue weighted by Gasteiger charge is 2.45. The van der Waals surface area contributed by atoms with Gasteiger partial charge in [-0.25, -0.2) is 0 Å². The lowest BCUT2D eigenvalue weighted by Gasteiger charge is -2.49. The van der Waals surface area contributed by atoms with E-state index in [0.29, 0.717) is 25.9 Å². The van der Waals surface area contributed by atoms with Crippen molar-refractivity contribution in [3.63, 3.8) is 0 Å². The number of aryl methyl sites for hydroxylation is 2. The fourth-order valence-corrected chi connectivity index (χ4v) is 2.41. The van der Waals surface area contributed by atoms with E-state index >= 15 is 0 Å². The maximum atomic E-state index is 12.0. The molecule has 19 heavy (non-hydrogen) atoms. The Morgan fingerprint density at radius 2 is 2.11 bits per heavy atom. The molecule has 1 saturated heterocycles. The van der Waals surface area contributed by atoms with Gasteiger partial charge in [0.1, 0.15) is 11.4 Å². The van der Waals surface area contributed by atoms with Crippen molar-refractivity contribution in [2.24, 2.45) is 5.92 Å². The van der Waals surface area contributed by atoms with E-state index in [-0.39, 0.29) is 11.8 Å². The first-order valence-electron chi connectivity index (χ1n) is 6.75. The molecule has 0 saturated carbocycles. The minimum absolute atomic E-state index is 0.0883. The maximum absolute atomic E-state index is 12.0. The van der Waals surface area contributed by atoms with Gasteiger partial charge in [-0.15, -0.1) is 0 Å². The largest absolute Gasteiger partial charge is 0.386 e. The first-order chi connectivity index (χ1) is 8.83. The van der Waals surface area contributed by atoms with E-state index in [0.717, 1.165) is 17.0 Å². The number of nitrogens with zero attached hydrogens (tertiary/aromatic N) is 2. The van der Waals surface area contributed by atoms with Crippen molar-refractivity contribution < 1.29 is 14.4 Å². The molecule has 0 aliphatic carbocycles. The van der Waals surface area contributed by atoms with E-state index in [1.807, 2.05) is 27.7 Å². The van der Waals surface area contributed by atoms with Crippen LogP contribution in [0.3, 0.4) is 0 Å². The summed E-state index contributed by atoms with van der Waals surface area (Å²) in [5.74, 6) is 1.05. The summed E-state index contributed by atoms with van der Waals surface area (Å²) in [6.45, 7) is 8.60. The van der Waals surface area contributed by atoms with Crippen LogP contribution >= 0.6 is 0 Å². The molecule has 5 heteroatoms. The number of carbonyl (C=O) groups excluding carboxylic acids is 1. The van der Waals surface area contributed by atoms with Crippen LogP contribution in [0.2, 0.25) is 0 Å². The van der Waals surface area contributed by atoms with E-state index in [9.17, 15) is 9.90 Å². The van der Waals surface area contributed by atoms with Gasteiger partial charge in [0.05, 0.1) is 18.8 Å². The topological polar surface area (TPSA) is 66.6 Å². The third-order valence-electron chi connectivity index (χ3n) is 4.13. The van der Waals surface area contributed by atoms with Crippen molar-refractivity contribution >= 4 is 5.91 Å². The quantitative estimate of drug-likeness (QED) is 0.895. The molecule has 0 aromatic carbocycles. The molecule has 2 heterocycles. The minimum atomic E-state index is -0.696. The predicted molar refractivity (Wildman–Crippen MR) is 70.7 cm³/mol. The molecule has 106 valence electrons. The van der Waals surface area contributed by atoms with Crippen LogP contribution < -0.4 is 0 Å². The van der Waals surface area contributed by atoms with Crippen molar-refractivity contribution in [1.82, 2.24) is 10.1 Å². The van der Waals surface area contributed by atoms with Crippen LogP contribution in [0, 0.1) is 19.8 Å². The Morgan fingerprint density at radius 3 is 2.58 bits per heavy atom. The zero-order valence-electron chi connectivity index (χ0n) is 12.1. The van der Waals surface area contributed by atoms with Crippen molar-refractivity contribution in [2.45, 2.75) is 46.1 Å². The Bertz CT molecular complexity index is 454. The van der Waals surface area contributed by atoms with Gasteiger partial charge in [-0.05, 0) is 26.2 Å². The van der Waals surface area contributed by atoms with Gasteiger partial charge in [0.15, 0.2) is 0 Å². The molecule has 1 aliphatic rings. The van der Waals surface area contributed by atoms with Gasteiger partial charge in [0.2, 0.25) is 5.91 Å². The molecule has 5 nitrogen and oxygen atoms in total. The number of β-amino-alcohol motifs (C(OH)–C–C–N with tert-alkyl or cyclic N) is 1. The average Bonchev–Trinajstić information content (AvgIpc) is 2.62. The van der Waals surface area contributed by atoms with Gasteiger partial charge in [-0.3, -0.25) is 4.79 Å². The maximum Gasteiger partial charge on any atom is 0.223 e. The summed E-state index contributed by atoms with van der Waals surface area (Å²) < 4.78 is 5.08. The molecular weight excluding hydrogens is 244 g/mol. The molecule has 1 aromatic heterocycles. The highest BCUT2D eigenvalue weighted by atomic mass is 16.5. The molecule has 1 aliphatic heterocycles. The van der Waals surface area contributed by atoms with E-state index < -0.39 is 5.60 Å². The van der Waals surface area contributed by atoms with Crippen LogP contribution in [0.1, 0.15) is 37.3 Å². The second-order valence-corrected chi connectivity index (χ2v) is 5.81. The first kappa shape index (κ1) is 14.1. The SMILES string of the molecule is Cc1noc(C)c1CCC(=O)N1CC(O)(C(C)C)C1.